The van der Waals surface area contributed by atoms with Crippen molar-refractivity contribution in [3.63, 3.8) is 0 Å². The summed E-state index contributed by atoms with van der Waals surface area (Å²) in [4.78, 5) is 23.7. The molecule has 0 spiro atoms. The number of hydrogen-bond donors (Lipinski definition) is 0. The van der Waals surface area contributed by atoms with Crippen LogP contribution in [0.5, 0.6) is 6.01 Å². The van der Waals surface area contributed by atoms with Gasteiger partial charge in [0, 0.05) is 12.6 Å². The third kappa shape index (κ3) is 2.93. The molecule has 1 aromatic carbocycles. The Morgan fingerprint density at radius 1 is 1.17 bits per heavy atom. The van der Waals surface area contributed by atoms with E-state index in [1.54, 1.807) is 13.1 Å². The lowest BCUT2D eigenvalue weighted by Gasteiger charge is -2.13. The average Bonchev–Trinajstić information content (AvgIpc) is 2.92. The molecule has 0 fully saturated rings. The summed E-state index contributed by atoms with van der Waals surface area (Å²) in [5, 5.41) is 7.65. The summed E-state index contributed by atoms with van der Waals surface area (Å²) in [5.41, 5.74) is 2.21. The number of benzene rings is 1. The lowest BCUT2D eigenvalue weighted by molar-refractivity contribution is 0.278. The second-order valence-electron chi connectivity index (χ2n) is 4.77. The molecule has 3 aromatic rings. The minimum absolute atomic E-state index is 0.215. The second kappa shape index (κ2) is 6.34. The number of nitrogens with zero attached hydrogens (tertiary/aromatic N) is 7. The van der Waals surface area contributed by atoms with Gasteiger partial charge in [-0.2, -0.15) is 19.3 Å². The van der Waals surface area contributed by atoms with E-state index in [1.807, 2.05) is 19.1 Å². The molecule has 3 rings (SSSR count). The Morgan fingerprint density at radius 3 is 2.61 bits per heavy atom. The van der Waals surface area contributed by atoms with Crippen LogP contribution in [0, 0.1) is 0 Å². The van der Waals surface area contributed by atoms with Gasteiger partial charge in [0.2, 0.25) is 0 Å². The summed E-state index contributed by atoms with van der Waals surface area (Å²) in [6, 6.07) is 5.89. The van der Waals surface area contributed by atoms with Gasteiger partial charge in [-0.3, -0.25) is 0 Å². The molecule has 23 heavy (non-hydrogen) atoms. The topological polar surface area (TPSA) is 101 Å². The Labute approximate surface area is 131 Å². The van der Waals surface area contributed by atoms with E-state index < -0.39 is 0 Å². The van der Waals surface area contributed by atoms with Crippen molar-refractivity contribution in [1.29, 1.82) is 0 Å². The Kier molecular flexibility index (Phi) is 4.09. The van der Waals surface area contributed by atoms with Crippen molar-refractivity contribution >= 4 is 0 Å². The molecule has 0 aliphatic heterocycles. The van der Waals surface area contributed by atoms with E-state index in [2.05, 4.69) is 25.4 Å². The normalized spacial score (nSPS) is 10.7. The Morgan fingerprint density at radius 2 is 1.96 bits per heavy atom. The maximum atomic E-state index is 12.1. The van der Waals surface area contributed by atoms with E-state index in [9.17, 15) is 4.79 Å². The van der Waals surface area contributed by atoms with E-state index in [4.69, 9.17) is 4.74 Å². The molecule has 0 unspecified atom stereocenters. The SMILES string of the molecule is CCc1cccc(-n2nnn(C)c2=O)c1COc1ncncn1. The highest BCUT2D eigenvalue weighted by atomic mass is 16.5. The largest absolute Gasteiger partial charge is 0.458 e. The van der Waals surface area contributed by atoms with Crippen LogP contribution in [-0.4, -0.2) is 34.7 Å². The predicted molar refractivity (Wildman–Crippen MR) is 80.1 cm³/mol. The monoisotopic (exact) mass is 313 g/mol. The standard InChI is InChI=1S/C14H15N7O2/c1-3-10-5-4-6-12(21-14(22)20(2)18-19-21)11(10)7-23-13-16-8-15-9-17-13/h4-6,8-9H,3,7H2,1-2H3. The summed E-state index contributed by atoms with van der Waals surface area (Å²) < 4.78 is 8.04. The summed E-state index contributed by atoms with van der Waals surface area (Å²) in [5.74, 6) is 0. The zero-order valence-corrected chi connectivity index (χ0v) is 12.7. The lowest BCUT2D eigenvalue weighted by atomic mass is 10.0. The van der Waals surface area contributed by atoms with Gasteiger partial charge in [-0.25, -0.2) is 9.78 Å². The molecule has 0 bridgehead atoms. The molecular weight excluding hydrogens is 298 g/mol. The van der Waals surface area contributed by atoms with Crippen molar-refractivity contribution in [2.24, 2.45) is 7.05 Å². The molecule has 0 aliphatic carbocycles. The molecule has 2 aromatic heterocycles. The Bertz CT molecular complexity index is 857. The Balaban J connectivity index is 2.00. The fraction of sp³-hybridized carbons (Fsp3) is 0.286. The van der Waals surface area contributed by atoms with Gasteiger partial charge in [0.1, 0.15) is 19.3 Å². The first kappa shape index (κ1) is 14.8. The number of aromatic nitrogens is 7. The van der Waals surface area contributed by atoms with Crippen LogP contribution in [-0.2, 0) is 20.1 Å². The van der Waals surface area contributed by atoms with E-state index in [1.165, 1.54) is 22.0 Å². The average molecular weight is 313 g/mol. The van der Waals surface area contributed by atoms with Gasteiger partial charge >= 0.3 is 11.7 Å². The number of hydrogen-bond acceptors (Lipinski definition) is 7. The predicted octanol–water partition coefficient (Wildman–Crippen LogP) is 0.292. The van der Waals surface area contributed by atoms with Gasteiger partial charge in [-0.1, -0.05) is 19.1 Å². The van der Waals surface area contributed by atoms with Crippen molar-refractivity contribution in [2.75, 3.05) is 0 Å². The van der Waals surface area contributed by atoms with Gasteiger partial charge in [0.25, 0.3) is 0 Å². The molecular formula is C14H15N7O2. The first-order chi connectivity index (χ1) is 11.2. The first-order valence-corrected chi connectivity index (χ1v) is 7.05. The van der Waals surface area contributed by atoms with E-state index in [0.717, 1.165) is 17.5 Å². The van der Waals surface area contributed by atoms with Crippen molar-refractivity contribution in [2.45, 2.75) is 20.0 Å². The molecule has 0 radical (unpaired) electrons. The molecule has 2 heterocycles. The van der Waals surface area contributed by atoms with Crippen LogP contribution in [0.4, 0.5) is 0 Å². The number of tetrazole rings is 1. The summed E-state index contributed by atoms with van der Waals surface area (Å²) in [7, 11) is 1.55. The summed E-state index contributed by atoms with van der Waals surface area (Å²) >= 11 is 0. The molecule has 9 nitrogen and oxygen atoms in total. The highest BCUT2D eigenvalue weighted by Crippen LogP contribution is 2.19. The number of aryl methyl sites for hydroxylation is 2. The van der Waals surface area contributed by atoms with Crippen LogP contribution in [0.3, 0.4) is 0 Å². The van der Waals surface area contributed by atoms with E-state index >= 15 is 0 Å². The molecule has 9 heteroatoms. The zero-order chi connectivity index (χ0) is 16.2. The van der Waals surface area contributed by atoms with Crippen LogP contribution in [0.25, 0.3) is 5.69 Å². The van der Waals surface area contributed by atoms with Crippen molar-refractivity contribution < 1.29 is 4.74 Å². The van der Waals surface area contributed by atoms with Crippen LogP contribution in [0.2, 0.25) is 0 Å². The number of ether oxygens (including phenoxy) is 1. The fourth-order valence-corrected chi connectivity index (χ4v) is 2.22. The minimum Gasteiger partial charge on any atom is -0.458 e. The highest BCUT2D eigenvalue weighted by Gasteiger charge is 2.14. The lowest BCUT2D eigenvalue weighted by Crippen LogP contribution is -2.23. The molecule has 0 saturated carbocycles. The molecule has 0 N–H and O–H groups in total. The summed E-state index contributed by atoms with van der Waals surface area (Å²) in [6.07, 6.45) is 3.52. The van der Waals surface area contributed by atoms with Gasteiger partial charge in [0.15, 0.2) is 0 Å². The third-order valence-electron chi connectivity index (χ3n) is 3.39. The van der Waals surface area contributed by atoms with Crippen LogP contribution in [0.1, 0.15) is 18.1 Å². The maximum Gasteiger partial charge on any atom is 0.368 e. The highest BCUT2D eigenvalue weighted by molar-refractivity contribution is 5.45. The van der Waals surface area contributed by atoms with Gasteiger partial charge in [-0.05, 0) is 28.5 Å². The van der Waals surface area contributed by atoms with Gasteiger partial charge in [0.05, 0.1) is 5.69 Å². The molecule has 0 aliphatic rings. The Hall–Kier alpha value is -3.10. The van der Waals surface area contributed by atoms with Crippen molar-refractivity contribution in [3.05, 3.63) is 52.5 Å². The molecule has 0 amide bonds. The number of rotatable bonds is 5. The quantitative estimate of drug-likeness (QED) is 0.667. The van der Waals surface area contributed by atoms with Crippen molar-refractivity contribution in [3.8, 4) is 11.7 Å². The second-order valence-corrected chi connectivity index (χ2v) is 4.77. The van der Waals surface area contributed by atoms with Crippen LogP contribution in [0.15, 0.2) is 35.6 Å². The van der Waals surface area contributed by atoms with E-state index in [-0.39, 0.29) is 18.3 Å². The third-order valence-corrected chi connectivity index (χ3v) is 3.39. The van der Waals surface area contributed by atoms with Crippen LogP contribution < -0.4 is 10.4 Å². The molecule has 118 valence electrons. The maximum absolute atomic E-state index is 12.1. The zero-order valence-electron chi connectivity index (χ0n) is 12.7. The van der Waals surface area contributed by atoms with Crippen LogP contribution >= 0.6 is 0 Å². The molecule has 0 saturated heterocycles. The first-order valence-electron chi connectivity index (χ1n) is 7.05. The minimum atomic E-state index is -0.320. The van der Waals surface area contributed by atoms with Crippen molar-refractivity contribution in [1.82, 2.24) is 34.7 Å². The van der Waals surface area contributed by atoms with Gasteiger partial charge < -0.3 is 4.74 Å². The summed E-state index contributed by atoms with van der Waals surface area (Å²) in [6.45, 7) is 2.25. The van der Waals surface area contributed by atoms with Gasteiger partial charge in [-0.15, -0.1) is 0 Å². The fourth-order valence-electron chi connectivity index (χ4n) is 2.22. The van der Waals surface area contributed by atoms with E-state index in [0.29, 0.717) is 5.69 Å². The molecule has 0 atom stereocenters. The smallest absolute Gasteiger partial charge is 0.368 e.